The van der Waals surface area contributed by atoms with Crippen molar-refractivity contribution in [2.45, 2.75) is 45.6 Å². The Morgan fingerprint density at radius 3 is 2.67 bits per heavy atom. The molecule has 0 bridgehead atoms. The van der Waals surface area contributed by atoms with Crippen molar-refractivity contribution >= 4 is 0 Å². The summed E-state index contributed by atoms with van der Waals surface area (Å²) in [6, 6.07) is 0.532. The fourth-order valence-corrected chi connectivity index (χ4v) is 1.68. The molecule has 86 valence electrons. The van der Waals surface area contributed by atoms with Gasteiger partial charge in [0.25, 0.3) is 0 Å². The summed E-state index contributed by atoms with van der Waals surface area (Å²) in [6.07, 6.45) is 6.47. The van der Waals surface area contributed by atoms with Gasteiger partial charge in [-0.3, -0.25) is 4.68 Å². The summed E-state index contributed by atoms with van der Waals surface area (Å²) in [7, 11) is 2.00. The average molecular weight is 209 g/mol. The Morgan fingerprint density at radius 2 is 2.20 bits per heavy atom. The molecular weight excluding hydrogens is 186 g/mol. The van der Waals surface area contributed by atoms with Crippen molar-refractivity contribution in [2.24, 2.45) is 0 Å². The Kier molecular flexibility index (Phi) is 4.82. The predicted molar refractivity (Wildman–Crippen MR) is 64.2 cm³/mol. The second kappa shape index (κ2) is 5.91. The highest BCUT2D eigenvalue weighted by Gasteiger charge is 2.10. The van der Waals surface area contributed by atoms with Crippen LogP contribution in [0.2, 0.25) is 0 Å². The van der Waals surface area contributed by atoms with Crippen molar-refractivity contribution in [3.63, 3.8) is 0 Å². The molecule has 0 fully saturated rings. The van der Waals surface area contributed by atoms with Crippen LogP contribution in [0, 0.1) is 0 Å². The number of rotatable bonds is 6. The molecule has 3 nitrogen and oxygen atoms in total. The van der Waals surface area contributed by atoms with Crippen LogP contribution in [0.4, 0.5) is 0 Å². The third-order valence-corrected chi connectivity index (χ3v) is 2.86. The van der Waals surface area contributed by atoms with Gasteiger partial charge in [-0.1, -0.05) is 20.8 Å². The van der Waals surface area contributed by atoms with Crippen LogP contribution >= 0.6 is 0 Å². The zero-order valence-corrected chi connectivity index (χ0v) is 10.3. The average Bonchev–Trinajstić information content (AvgIpc) is 2.68. The monoisotopic (exact) mass is 209 g/mol. The Labute approximate surface area is 92.9 Å². The number of nitrogens with one attached hydrogen (secondary N) is 1. The third-order valence-electron chi connectivity index (χ3n) is 2.86. The van der Waals surface area contributed by atoms with Crippen molar-refractivity contribution in [2.75, 3.05) is 13.6 Å². The summed E-state index contributed by atoms with van der Waals surface area (Å²) in [4.78, 5) is 0. The van der Waals surface area contributed by atoms with Crippen molar-refractivity contribution in [3.8, 4) is 0 Å². The molecule has 1 aromatic heterocycles. The van der Waals surface area contributed by atoms with E-state index in [1.54, 1.807) is 0 Å². The molecule has 1 N–H and O–H groups in total. The first-order chi connectivity index (χ1) is 7.19. The maximum absolute atomic E-state index is 4.45. The van der Waals surface area contributed by atoms with E-state index in [1.807, 2.05) is 13.2 Å². The van der Waals surface area contributed by atoms with Crippen LogP contribution in [-0.4, -0.2) is 23.4 Å². The first-order valence-electron chi connectivity index (χ1n) is 5.87. The zero-order valence-electron chi connectivity index (χ0n) is 10.3. The Balaban J connectivity index is 2.65. The van der Waals surface area contributed by atoms with Crippen molar-refractivity contribution in [1.82, 2.24) is 15.1 Å². The van der Waals surface area contributed by atoms with Crippen LogP contribution in [0.25, 0.3) is 0 Å². The maximum atomic E-state index is 4.45. The summed E-state index contributed by atoms with van der Waals surface area (Å²) in [5, 5.41) is 7.64. The molecule has 0 saturated heterocycles. The lowest BCUT2D eigenvalue weighted by Gasteiger charge is -2.15. The normalized spacial score (nSPS) is 13.4. The van der Waals surface area contributed by atoms with Gasteiger partial charge in [-0.25, -0.2) is 0 Å². The summed E-state index contributed by atoms with van der Waals surface area (Å²) in [5.74, 6) is 0.570. The van der Waals surface area contributed by atoms with Gasteiger partial charge in [0.15, 0.2) is 0 Å². The molecule has 3 heteroatoms. The largest absolute Gasteiger partial charge is 0.320 e. The molecular formula is C12H23N3. The SMILES string of the molecule is CCC(CCNC)n1cc(C(C)C)cn1. The number of aromatic nitrogens is 2. The van der Waals surface area contributed by atoms with E-state index in [4.69, 9.17) is 0 Å². The van der Waals surface area contributed by atoms with Crippen LogP contribution in [0.5, 0.6) is 0 Å². The van der Waals surface area contributed by atoms with E-state index in [0.717, 1.165) is 19.4 Å². The van der Waals surface area contributed by atoms with Gasteiger partial charge >= 0.3 is 0 Å². The molecule has 1 unspecified atom stereocenters. The standard InChI is InChI=1S/C12H23N3/c1-5-12(6-7-13-4)15-9-11(8-14-15)10(2)3/h8-10,12-13H,5-7H2,1-4H3. The fraction of sp³-hybridized carbons (Fsp3) is 0.750. The predicted octanol–water partition coefficient (Wildman–Crippen LogP) is 2.57. The summed E-state index contributed by atoms with van der Waals surface area (Å²) in [5.41, 5.74) is 1.33. The van der Waals surface area contributed by atoms with E-state index in [-0.39, 0.29) is 0 Å². The van der Waals surface area contributed by atoms with Crippen LogP contribution in [0.1, 0.15) is 51.1 Å². The molecule has 0 aliphatic carbocycles. The lowest BCUT2D eigenvalue weighted by atomic mass is 10.1. The minimum absolute atomic E-state index is 0.532. The van der Waals surface area contributed by atoms with Gasteiger partial charge in [-0.05, 0) is 37.9 Å². The van der Waals surface area contributed by atoms with Gasteiger partial charge in [-0.2, -0.15) is 5.10 Å². The minimum atomic E-state index is 0.532. The summed E-state index contributed by atoms with van der Waals surface area (Å²) in [6.45, 7) is 7.68. The van der Waals surface area contributed by atoms with E-state index >= 15 is 0 Å². The van der Waals surface area contributed by atoms with Crippen LogP contribution in [-0.2, 0) is 0 Å². The van der Waals surface area contributed by atoms with E-state index in [0.29, 0.717) is 12.0 Å². The molecule has 0 radical (unpaired) electrons. The fourth-order valence-electron chi connectivity index (χ4n) is 1.68. The highest BCUT2D eigenvalue weighted by molar-refractivity contribution is 5.09. The molecule has 0 aromatic carbocycles. The maximum Gasteiger partial charge on any atom is 0.0528 e. The quantitative estimate of drug-likeness (QED) is 0.780. The van der Waals surface area contributed by atoms with Gasteiger partial charge < -0.3 is 5.32 Å². The molecule has 1 atom stereocenters. The van der Waals surface area contributed by atoms with Crippen LogP contribution in [0.3, 0.4) is 0 Å². The second-order valence-corrected chi connectivity index (χ2v) is 4.36. The molecule has 0 aliphatic rings. The molecule has 0 saturated carbocycles. The van der Waals surface area contributed by atoms with E-state index < -0.39 is 0 Å². The van der Waals surface area contributed by atoms with Gasteiger partial charge in [0.2, 0.25) is 0 Å². The molecule has 15 heavy (non-hydrogen) atoms. The number of hydrogen-bond acceptors (Lipinski definition) is 2. The molecule has 0 aliphatic heterocycles. The van der Waals surface area contributed by atoms with Gasteiger partial charge in [0.05, 0.1) is 12.2 Å². The smallest absolute Gasteiger partial charge is 0.0528 e. The van der Waals surface area contributed by atoms with Crippen LogP contribution < -0.4 is 5.32 Å². The van der Waals surface area contributed by atoms with Crippen molar-refractivity contribution < 1.29 is 0 Å². The zero-order chi connectivity index (χ0) is 11.3. The number of nitrogens with zero attached hydrogens (tertiary/aromatic N) is 2. The van der Waals surface area contributed by atoms with Crippen LogP contribution in [0.15, 0.2) is 12.4 Å². The molecule has 1 heterocycles. The van der Waals surface area contributed by atoms with Crippen molar-refractivity contribution in [3.05, 3.63) is 18.0 Å². The van der Waals surface area contributed by atoms with E-state index in [2.05, 4.69) is 42.1 Å². The van der Waals surface area contributed by atoms with Gasteiger partial charge in [0.1, 0.15) is 0 Å². The minimum Gasteiger partial charge on any atom is -0.320 e. The van der Waals surface area contributed by atoms with Crippen molar-refractivity contribution in [1.29, 1.82) is 0 Å². The molecule has 1 aromatic rings. The Hall–Kier alpha value is -0.830. The molecule has 0 spiro atoms. The van der Waals surface area contributed by atoms with Gasteiger partial charge in [0, 0.05) is 6.20 Å². The lowest BCUT2D eigenvalue weighted by molar-refractivity contribution is 0.407. The third kappa shape index (κ3) is 3.34. The highest BCUT2D eigenvalue weighted by Crippen LogP contribution is 2.18. The molecule has 1 rings (SSSR count). The topological polar surface area (TPSA) is 29.9 Å². The first-order valence-corrected chi connectivity index (χ1v) is 5.87. The summed E-state index contributed by atoms with van der Waals surface area (Å²) >= 11 is 0. The second-order valence-electron chi connectivity index (χ2n) is 4.36. The van der Waals surface area contributed by atoms with E-state index in [1.165, 1.54) is 5.56 Å². The van der Waals surface area contributed by atoms with E-state index in [9.17, 15) is 0 Å². The lowest BCUT2D eigenvalue weighted by Crippen LogP contribution is -2.16. The molecule has 0 amide bonds. The Bertz CT molecular complexity index is 278. The van der Waals surface area contributed by atoms with Gasteiger partial charge in [-0.15, -0.1) is 0 Å². The number of hydrogen-bond donors (Lipinski definition) is 1. The highest BCUT2D eigenvalue weighted by atomic mass is 15.3. The summed E-state index contributed by atoms with van der Waals surface area (Å²) < 4.78 is 2.12. The Morgan fingerprint density at radius 1 is 1.47 bits per heavy atom. The first kappa shape index (κ1) is 12.2.